The third-order valence-electron chi connectivity index (χ3n) is 2.24. The van der Waals surface area contributed by atoms with Crippen molar-refractivity contribution in [3.05, 3.63) is 22.8 Å². The Morgan fingerprint density at radius 3 is 2.44 bits per heavy atom. The van der Waals surface area contributed by atoms with E-state index in [1.54, 1.807) is 18.3 Å². The summed E-state index contributed by atoms with van der Waals surface area (Å²) in [6.45, 7) is 4.93. The number of nitrogens with one attached hydrogen (secondary N) is 1. The Labute approximate surface area is 117 Å². The van der Waals surface area contributed by atoms with Gasteiger partial charge in [0.1, 0.15) is 5.82 Å². The van der Waals surface area contributed by atoms with Crippen molar-refractivity contribution in [1.82, 2.24) is 9.29 Å². The molecule has 0 saturated carbocycles. The van der Waals surface area contributed by atoms with Gasteiger partial charge in [-0.25, -0.2) is 4.98 Å². The van der Waals surface area contributed by atoms with E-state index in [1.165, 1.54) is 4.31 Å². The molecule has 1 N–H and O–H groups in total. The van der Waals surface area contributed by atoms with Crippen molar-refractivity contribution < 1.29 is 8.42 Å². The highest BCUT2D eigenvalue weighted by atomic mass is 79.9. The van der Waals surface area contributed by atoms with Gasteiger partial charge in [0.25, 0.3) is 0 Å². The molecule has 0 aromatic carbocycles. The minimum absolute atomic E-state index is 0.321. The number of halogens is 1. The quantitative estimate of drug-likeness (QED) is 0.833. The summed E-state index contributed by atoms with van der Waals surface area (Å²) in [5, 5.41) is 0. The molecule has 0 aliphatic carbocycles. The third kappa shape index (κ3) is 4.55. The van der Waals surface area contributed by atoms with E-state index in [4.69, 9.17) is 0 Å². The normalized spacial score (nSPS) is 11.8. The number of hydrogen-bond donors (Lipinski definition) is 1. The predicted octanol–water partition coefficient (Wildman–Crippen LogP) is 2.62. The van der Waals surface area contributed by atoms with E-state index in [1.807, 2.05) is 13.8 Å². The van der Waals surface area contributed by atoms with Gasteiger partial charge in [-0.3, -0.25) is 4.72 Å². The van der Waals surface area contributed by atoms with Crippen LogP contribution in [0.2, 0.25) is 0 Å². The van der Waals surface area contributed by atoms with Gasteiger partial charge in [-0.05, 0) is 25.0 Å². The van der Waals surface area contributed by atoms with Gasteiger partial charge >= 0.3 is 10.2 Å². The van der Waals surface area contributed by atoms with Gasteiger partial charge in [-0.1, -0.05) is 29.8 Å². The summed E-state index contributed by atoms with van der Waals surface area (Å²) in [4.78, 5) is 3.98. The molecule has 0 radical (unpaired) electrons. The molecule has 0 spiro atoms. The second-order valence-corrected chi connectivity index (χ2v) is 6.45. The maximum Gasteiger partial charge on any atom is 0.302 e. The highest BCUT2D eigenvalue weighted by Crippen LogP contribution is 2.15. The van der Waals surface area contributed by atoms with Crippen molar-refractivity contribution in [2.45, 2.75) is 26.7 Å². The molecule has 1 aromatic rings. The molecule has 0 aliphatic rings. The van der Waals surface area contributed by atoms with Crippen molar-refractivity contribution in [3.8, 4) is 0 Å². The first kappa shape index (κ1) is 15.4. The van der Waals surface area contributed by atoms with Crippen LogP contribution in [0.25, 0.3) is 0 Å². The van der Waals surface area contributed by atoms with Crippen molar-refractivity contribution in [1.29, 1.82) is 0 Å². The highest BCUT2D eigenvalue weighted by Gasteiger charge is 2.20. The number of anilines is 1. The first-order chi connectivity index (χ1) is 8.49. The Morgan fingerprint density at radius 2 is 1.94 bits per heavy atom. The molecule has 1 heterocycles. The second-order valence-electron chi connectivity index (χ2n) is 3.87. The van der Waals surface area contributed by atoms with Crippen LogP contribution in [0.5, 0.6) is 0 Å². The van der Waals surface area contributed by atoms with Crippen molar-refractivity contribution >= 4 is 32.0 Å². The van der Waals surface area contributed by atoms with Crippen LogP contribution >= 0.6 is 15.9 Å². The van der Waals surface area contributed by atoms with Gasteiger partial charge in [0.05, 0.1) is 0 Å². The van der Waals surface area contributed by atoms with Gasteiger partial charge in [-0.2, -0.15) is 12.7 Å². The van der Waals surface area contributed by atoms with E-state index < -0.39 is 10.2 Å². The average Bonchev–Trinajstić information content (AvgIpc) is 2.28. The summed E-state index contributed by atoms with van der Waals surface area (Å²) in [6.07, 6.45) is 3.12. The molecule has 0 aliphatic heterocycles. The van der Waals surface area contributed by atoms with E-state index in [9.17, 15) is 8.42 Å². The third-order valence-corrected chi connectivity index (χ3v) is 4.25. The summed E-state index contributed by atoms with van der Waals surface area (Å²) >= 11 is 3.28. The summed E-state index contributed by atoms with van der Waals surface area (Å²) in [5.41, 5.74) is 0. The highest BCUT2D eigenvalue weighted by molar-refractivity contribution is 9.10. The first-order valence-corrected chi connectivity index (χ1v) is 8.12. The molecule has 5 nitrogen and oxygen atoms in total. The van der Waals surface area contributed by atoms with Crippen LogP contribution in [-0.2, 0) is 10.2 Å². The maximum absolute atomic E-state index is 12.2. The summed E-state index contributed by atoms with van der Waals surface area (Å²) in [5.74, 6) is 0.321. The lowest BCUT2D eigenvalue weighted by molar-refractivity contribution is 0.413. The molecule has 18 heavy (non-hydrogen) atoms. The zero-order chi connectivity index (χ0) is 13.6. The molecule has 0 atom stereocenters. The molecule has 1 aromatic heterocycles. The number of pyridine rings is 1. The van der Waals surface area contributed by atoms with Gasteiger partial charge in [0.2, 0.25) is 0 Å². The van der Waals surface area contributed by atoms with E-state index >= 15 is 0 Å². The van der Waals surface area contributed by atoms with E-state index in [0.29, 0.717) is 18.9 Å². The van der Waals surface area contributed by atoms with Crippen LogP contribution in [0.1, 0.15) is 26.7 Å². The van der Waals surface area contributed by atoms with Crippen LogP contribution in [0.15, 0.2) is 22.8 Å². The number of hydrogen-bond acceptors (Lipinski definition) is 3. The molecular weight excluding hydrogens is 318 g/mol. The molecule has 0 fully saturated rings. The fraction of sp³-hybridized carbons (Fsp3) is 0.545. The van der Waals surface area contributed by atoms with E-state index in [2.05, 4.69) is 25.6 Å². The lowest BCUT2D eigenvalue weighted by atomic mass is 10.4. The van der Waals surface area contributed by atoms with E-state index in [-0.39, 0.29) is 0 Å². The fourth-order valence-electron chi connectivity index (χ4n) is 1.51. The van der Waals surface area contributed by atoms with Gasteiger partial charge in [0, 0.05) is 23.8 Å². The Balaban J connectivity index is 2.85. The SMILES string of the molecule is CCCN(CCC)S(=O)(=O)Nc1cc(Br)ccn1. The van der Waals surface area contributed by atoms with Crippen LogP contribution in [0, 0.1) is 0 Å². The minimum Gasteiger partial charge on any atom is -0.254 e. The standard InChI is InChI=1S/C11H18BrN3O2S/c1-3-7-15(8-4-2)18(16,17)14-11-9-10(12)5-6-13-11/h5-6,9H,3-4,7-8H2,1-2H3,(H,13,14). The fourth-order valence-corrected chi connectivity index (χ4v) is 3.19. The van der Waals surface area contributed by atoms with Gasteiger partial charge in [0.15, 0.2) is 0 Å². The summed E-state index contributed by atoms with van der Waals surface area (Å²) in [7, 11) is -3.52. The molecule has 1 rings (SSSR count). The van der Waals surface area contributed by atoms with Gasteiger partial charge in [-0.15, -0.1) is 0 Å². The molecule has 0 amide bonds. The summed E-state index contributed by atoms with van der Waals surface area (Å²) < 4.78 is 29.0. The molecule has 102 valence electrons. The van der Waals surface area contributed by atoms with Crippen molar-refractivity contribution in [2.75, 3.05) is 17.8 Å². The largest absolute Gasteiger partial charge is 0.302 e. The zero-order valence-corrected chi connectivity index (χ0v) is 13.0. The lowest BCUT2D eigenvalue weighted by Crippen LogP contribution is -2.37. The molecule has 0 saturated heterocycles. The lowest BCUT2D eigenvalue weighted by Gasteiger charge is -2.21. The molecule has 7 heteroatoms. The minimum atomic E-state index is -3.52. The Morgan fingerprint density at radius 1 is 1.33 bits per heavy atom. The monoisotopic (exact) mass is 335 g/mol. The van der Waals surface area contributed by atoms with Crippen LogP contribution < -0.4 is 4.72 Å². The molecular formula is C11H18BrN3O2S. The van der Waals surface area contributed by atoms with Crippen molar-refractivity contribution in [2.24, 2.45) is 0 Å². The molecule has 0 bridgehead atoms. The Kier molecular flexibility index (Phi) is 6.04. The second kappa shape index (κ2) is 7.06. The van der Waals surface area contributed by atoms with Crippen LogP contribution in [-0.4, -0.2) is 30.8 Å². The van der Waals surface area contributed by atoms with Crippen molar-refractivity contribution in [3.63, 3.8) is 0 Å². The Bertz CT molecular complexity index is 473. The number of nitrogens with zero attached hydrogens (tertiary/aromatic N) is 2. The first-order valence-electron chi connectivity index (χ1n) is 5.89. The summed E-state index contributed by atoms with van der Waals surface area (Å²) in [6, 6.07) is 3.38. The smallest absolute Gasteiger partial charge is 0.254 e. The maximum atomic E-state index is 12.2. The van der Waals surface area contributed by atoms with Crippen LogP contribution in [0.4, 0.5) is 5.82 Å². The molecule has 0 unspecified atom stereocenters. The van der Waals surface area contributed by atoms with E-state index in [0.717, 1.165) is 17.3 Å². The topological polar surface area (TPSA) is 62.3 Å². The number of aromatic nitrogens is 1. The average molecular weight is 336 g/mol. The number of rotatable bonds is 7. The van der Waals surface area contributed by atoms with Crippen LogP contribution in [0.3, 0.4) is 0 Å². The predicted molar refractivity (Wildman–Crippen MR) is 76.6 cm³/mol. The Hall–Kier alpha value is -0.660. The van der Waals surface area contributed by atoms with Gasteiger partial charge < -0.3 is 0 Å². The zero-order valence-electron chi connectivity index (χ0n) is 10.6.